The summed E-state index contributed by atoms with van der Waals surface area (Å²) in [5, 5.41) is 0. The monoisotopic (exact) mass is 229 g/mol. The van der Waals surface area contributed by atoms with Gasteiger partial charge in [-0.2, -0.15) is 0 Å². The van der Waals surface area contributed by atoms with Crippen LogP contribution >= 0.6 is 0 Å². The van der Waals surface area contributed by atoms with Gasteiger partial charge in [0.15, 0.2) is 0 Å². The van der Waals surface area contributed by atoms with E-state index in [0.717, 1.165) is 24.0 Å². The van der Waals surface area contributed by atoms with E-state index in [4.69, 9.17) is 5.73 Å². The van der Waals surface area contributed by atoms with Crippen LogP contribution in [-0.2, 0) is 0 Å². The van der Waals surface area contributed by atoms with Crippen molar-refractivity contribution in [2.24, 2.45) is 5.73 Å². The molecule has 1 atom stereocenters. The molecule has 2 N–H and O–H groups in total. The van der Waals surface area contributed by atoms with E-state index >= 15 is 0 Å². The Labute approximate surface area is 105 Å². The summed E-state index contributed by atoms with van der Waals surface area (Å²) in [7, 11) is 0. The average Bonchev–Trinajstić information content (AvgIpc) is 2.35. The van der Waals surface area contributed by atoms with Gasteiger partial charge in [0, 0.05) is 0 Å². The van der Waals surface area contributed by atoms with Gasteiger partial charge in [-0.05, 0) is 30.9 Å². The van der Waals surface area contributed by atoms with E-state index in [0.29, 0.717) is 0 Å². The second kappa shape index (κ2) is 9.61. The number of unbranched alkanes of at least 4 members (excludes halogenated alkanes) is 1. The molecular weight excluding hydrogens is 206 g/mol. The van der Waals surface area contributed by atoms with E-state index in [1.807, 2.05) is 25.2 Å². The molecule has 0 aromatic heterocycles. The highest BCUT2D eigenvalue weighted by molar-refractivity contribution is 5.35. The predicted molar refractivity (Wildman–Crippen MR) is 78.8 cm³/mol. The number of nitrogens with two attached hydrogens (primary N) is 1. The molecule has 92 valence electrons. The van der Waals surface area contributed by atoms with Crippen LogP contribution < -0.4 is 5.73 Å². The Bertz CT molecular complexity index is 343. The second-order valence-electron chi connectivity index (χ2n) is 3.77. The molecule has 0 aliphatic rings. The highest BCUT2D eigenvalue weighted by Crippen LogP contribution is 2.08. The lowest BCUT2D eigenvalue weighted by atomic mass is 10.0. The van der Waals surface area contributed by atoms with Gasteiger partial charge in [-0.3, -0.25) is 0 Å². The Morgan fingerprint density at radius 3 is 2.35 bits per heavy atom. The molecule has 0 heterocycles. The van der Waals surface area contributed by atoms with E-state index in [1.165, 1.54) is 0 Å². The van der Waals surface area contributed by atoms with Crippen LogP contribution in [0.1, 0.15) is 19.8 Å². The molecule has 0 rings (SSSR count). The lowest BCUT2D eigenvalue weighted by molar-refractivity contribution is 0.946. The molecular formula is C16H23N. The molecule has 0 aliphatic carbocycles. The second-order valence-corrected chi connectivity index (χ2v) is 3.77. The first-order valence-electron chi connectivity index (χ1n) is 5.83. The molecule has 0 saturated carbocycles. The van der Waals surface area contributed by atoms with Crippen LogP contribution in [0.3, 0.4) is 0 Å². The third-order valence-electron chi connectivity index (χ3n) is 2.35. The number of rotatable bonds is 8. The summed E-state index contributed by atoms with van der Waals surface area (Å²) < 4.78 is 0. The van der Waals surface area contributed by atoms with Crippen LogP contribution in [0.5, 0.6) is 0 Å². The maximum atomic E-state index is 5.90. The van der Waals surface area contributed by atoms with Crippen molar-refractivity contribution in [2.45, 2.75) is 25.8 Å². The van der Waals surface area contributed by atoms with Gasteiger partial charge in [0.05, 0.1) is 6.04 Å². The summed E-state index contributed by atoms with van der Waals surface area (Å²) in [5.41, 5.74) is 7.53. The molecule has 0 amide bonds. The van der Waals surface area contributed by atoms with E-state index in [-0.39, 0.29) is 6.04 Å². The zero-order valence-corrected chi connectivity index (χ0v) is 10.7. The van der Waals surface area contributed by atoms with Crippen LogP contribution in [0.2, 0.25) is 0 Å². The molecule has 0 aromatic carbocycles. The standard InChI is InChI=1S/C16H23N/c1-5-7-8-9-10-11-12-13-15(4)16(17)14(3)6-2/h5-7,10-13,16H,2-4,8-9,17H2,1H3/b7-5-,11-10-,13-12-. The molecule has 0 fully saturated rings. The van der Waals surface area contributed by atoms with Crippen LogP contribution in [0, 0.1) is 0 Å². The topological polar surface area (TPSA) is 26.0 Å². The Balaban J connectivity index is 4.03. The fourth-order valence-corrected chi connectivity index (χ4v) is 1.18. The lowest BCUT2D eigenvalue weighted by Gasteiger charge is -2.10. The van der Waals surface area contributed by atoms with E-state index in [9.17, 15) is 0 Å². The normalized spacial score (nSPS) is 13.5. The Morgan fingerprint density at radius 2 is 1.76 bits per heavy atom. The molecule has 1 unspecified atom stereocenters. The third kappa shape index (κ3) is 7.31. The first-order chi connectivity index (χ1) is 8.13. The predicted octanol–water partition coefficient (Wildman–Crippen LogP) is 4.08. The summed E-state index contributed by atoms with van der Waals surface area (Å²) in [6, 6.07) is -0.236. The minimum atomic E-state index is -0.236. The summed E-state index contributed by atoms with van der Waals surface area (Å²) in [6.45, 7) is 13.4. The Kier molecular flexibility index (Phi) is 8.71. The first-order valence-corrected chi connectivity index (χ1v) is 5.83. The largest absolute Gasteiger partial charge is 0.320 e. The van der Waals surface area contributed by atoms with E-state index in [2.05, 4.69) is 38.0 Å². The fourth-order valence-electron chi connectivity index (χ4n) is 1.18. The third-order valence-corrected chi connectivity index (χ3v) is 2.35. The van der Waals surface area contributed by atoms with Gasteiger partial charge in [0.1, 0.15) is 0 Å². The minimum Gasteiger partial charge on any atom is -0.320 e. The van der Waals surface area contributed by atoms with Crippen molar-refractivity contribution in [1.29, 1.82) is 0 Å². The SMILES string of the molecule is C=CC(=C)C(N)C(=C)/C=C\C=C/CC/C=C\C. The van der Waals surface area contributed by atoms with Gasteiger partial charge in [0.25, 0.3) is 0 Å². The summed E-state index contributed by atoms with van der Waals surface area (Å²) >= 11 is 0. The summed E-state index contributed by atoms with van der Waals surface area (Å²) in [6.07, 6.45) is 16.0. The Hall–Kier alpha value is -1.60. The van der Waals surface area contributed by atoms with Crippen LogP contribution in [0.4, 0.5) is 0 Å². The fraction of sp³-hybridized carbons (Fsp3) is 0.250. The lowest BCUT2D eigenvalue weighted by Crippen LogP contribution is -2.22. The molecule has 0 spiro atoms. The van der Waals surface area contributed by atoms with E-state index < -0.39 is 0 Å². The van der Waals surface area contributed by atoms with Crippen molar-refractivity contribution in [1.82, 2.24) is 0 Å². The molecule has 17 heavy (non-hydrogen) atoms. The summed E-state index contributed by atoms with van der Waals surface area (Å²) in [4.78, 5) is 0. The van der Waals surface area contributed by atoms with Gasteiger partial charge < -0.3 is 5.73 Å². The number of hydrogen-bond donors (Lipinski definition) is 1. The molecule has 0 aromatic rings. The van der Waals surface area contributed by atoms with Crippen molar-refractivity contribution in [2.75, 3.05) is 0 Å². The number of hydrogen-bond acceptors (Lipinski definition) is 1. The average molecular weight is 229 g/mol. The quantitative estimate of drug-likeness (QED) is 0.379. The maximum absolute atomic E-state index is 5.90. The maximum Gasteiger partial charge on any atom is 0.0539 e. The molecule has 1 nitrogen and oxygen atoms in total. The molecule has 0 radical (unpaired) electrons. The van der Waals surface area contributed by atoms with Gasteiger partial charge in [-0.15, -0.1) is 0 Å². The van der Waals surface area contributed by atoms with Gasteiger partial charge in [-0.1, -0.05) is 62.3 Å². The van der Waals surface area contributed by atoms with Crippen molar-refractivity contribution < 1.29 is 0 Å². The van der Waals surface area contributed by atoms with Crippen molar-refractivity contribution in [3.63, 3.8) is 0 Å². The molecule has 0 bridgehead atoms. The smallest absolute Gasteiger partial charge is 0.0539 e. The molecule has 0 aliphatic heterocycles. The van der Waals surface area contributed by atoms with Gasteiger partial charge in [-0.25, -0.2) is 0 Å². The van der Waals surface area contributed by atoms with Crippen molar-refractivity contribution >= 4 is 0 Å². The van der Waals surface area contributed by atoms with Crippen molar-refractivity contribution in [3.05, 3.63) is 73.4 Å². The molecule has 0 saturated heterocycles. The number of allylic oxidation sites excluding steroid dienone is 5. The Morgan fingerprint density at radius 1 is 1.12 bits per heavy atom. The first kappa shape index (κ1) is 15.4. The molecule has 1 heteroatoms. The van der Waals surface area contributed by atoms with Crippen LogP contribution in [-0.4, -0.2) is 6.04 Å². The van der Waals surface area contributed by atoms with Crippen LogP contribution in [0.25, 0.3) is 0 Å². The zero-order chi connectivity index (χ0) is 13.1. The highest BCUT2D eigenvalue weighted by atomic mass is 14.6. The van der Waals surface area contributed by atoms with E-state index in [1.54, 1.807) is 6.08 Å². The zero-order valence-electron chi connectivity index (χ0n) is 10.7. The van der Waals surface area contributed by atoms with Gasteiger partial charge in [0.2, 0.25) is 0 Å². The minimum absolute atomic E-state index is 0.236. The van der Waals surface area contributed by atoms with Crippen molar-refractivity contribution in [3.8, 4) is 0 Å². The van der Waals surface area contributed by atoms with Gasteiger partial charge >= 0.3 is 0 Å². The highest BCUT2D eigenvalue weighted by Gasteiger charge is 2.04. The summed E-state index contributed by atoms with van der Waals surface area (Å²) in [5.74, 6) is 0. The van der Waals surface area contributed by atoms with Crippen LogP contribution in [0.15, 0.2) is 73.4 Å².